The average Bonchev–Trinajstić information content (AvgIpc) is 2.26. The molecule has 0 radical (unpaired) electrons. The molecule has 1 aromatic heterocycles. The highest BCUT2D eigenvalue weighted by Gasteiger charge is 2.32. The number of aromatic nitrogens is 1. The van der Waals surface area contributed by atoms with Gasteiger partial charge in [0.25, 0.3) is 0 Å². The maximum atomic E-state index is 12.4. The maximum absolute atomic E-state index is 12.4. The molecule has 0 saturated heterocycles. The molecule has 0 atom stereocenters. The van der Waals surface area contributed by atoms with Crippen LogP contribution in [0.2, 0.25) is 5.02 Å². The lowest BCUT2D eigenvalue weighted by Crippen LogP contribution is -2.30. The number of pyridine rings is 1. The molecule has 0 bridgehead atoms. The standard InChI is InChI=1S/C11H10ClF3N2O2/c1-2-3-17(6-9(18)19)10-8(12)4-7(5-16-10)11(13,14)15/h2,4-5H,1,3,6H2,(H,18,19). The van der Waals surface area contributed by atoms with Gasteiger partial charge in [0.05, 0.1) is 10.6 Å². The Morgan fingerprint density at radius 2 is 2.21 bits per heavy atom. The molecule has 1 heterocycles. The van der Waals surface area contributed by atoms with E-state index in [1.165, 1.54) is 11.0 Å². The van der Waals surface area contributed by atoms with Gasteiger partial charge >= 0.3 is 12.1 Å². The average molecular weight is 295 g/mol. The summed E-state index contributed by atoms with van der Waals surface area (Å²) in [4.78, 5) is 15.5. The van der Waals surface area contributed by atoms with Crippen molar-refractivity contribution in [2.75, 3.05) is 18.0 Å². The largest absolute Gasteiger partial charge is 0.480 e. The molecule has 0 aliphatic heterocycles. The number of alkyl halides is 3. The second kappa shape index (κ2) is 5.92. The van der Waals surface area contributed by atoms with Crippen molar-refractivity contribution in [2.45, 2.75) is 6.18 Å². The van der Waals surface area contributed by atoms with Gasteiger partial charge in [-0.3, -0.25) is 4.79 Å². The number of hydrogen-bond donors (Lipinski definition) is 1. The molecular formula is C11H10ClF3N2O2. The van der Waals surface area contributed by atoms with Gasteiger partial charge in [0, 0.05) is 12.7 Å². The first-order valence-electron chi connectivity index (χ1n) is 5.06. The fraction of sp³-hybridized carbons (Fsp3) is 0.273. The minimum absolute atomic E-state index is 0.0306. The van der Waals surface area contributed by atoms with Crippen LogP contribution in [0.25, 0.3) is 0 Å². The Hall–Kier alpha value is -1.76. The first-order chi connectivity index (χ1) is 8.75. The molecule has 0 aromatic carbocycles. The fourth-order valence-electron chi connectivity index (χ4n) is 1.36. The van der Waals surface area contributed by atoms with Crippen molar-refractivity contribution in [3.8, 4) is 0 Å². The predicted molar refractivity (Wildman–Crippen MR) is 64.3 cm³/mol. The van der Waals surface area contributed by atoms with Crippen LogP contribution >= 0.6 is 11.6 Å². The van der Waals surface area contributed by atoms with Crippen LogP contribution in [0.4, 0.5) is 19.0 Å². The summed E-state index contributed by atoms with van der Waals surface area (Å²) in [6.07, 6.45) is -2.54. The Balaban J connectivity index is 3.11. The summed E-state index contributed by atoms with van der Waals surface area (Å²) in [5.74, 6) is -1.18. The number of hydrogen-bond acceptors (Lipinski definition) is 3. The number of aliphatic carboxylic acids is 1. The van der Waals surface area contributed by atoms with E-state index >= 15 is 0 Å². The van der Waals surface area contributed by atoms with Gasteiger partial charge in [-0.05, 0) is 6.07 Å². The normalized spacial score (nSPS) is 11.2. The minimum atomic E-state index is -4.55. The number of anilines is 1. The van der Waals surface area contributed by atoms with E-state index in [9.17, 15) is 18.0 Å². The number of halogens is 4. The van der Waals surface area contributed by atoms with Gasteiger partial charge in [-0.1, -0.05) is 17.7 Å². The van der Waals surface area contributed by atoms with E-state index in [1.54, 1.807) is 0 Å². The Bertz CT molecular complexity index is 491. The third kappa shape index (κ3) is 4.13. The van der Waals surface area contributed by atoms with Crippen LogP contribution in [-0.2, 0) is 11.0 Å². The molecule has 0 aliphatic rings. The molecule has 0 fully saturated rings. The van der Waals surface area contributed by atoms with Gasteiger partial charge in [0.2, 0.25) is 0 Å². The highest BCUT2D eigenvalue weighted by atomic mass is 35.5. The predicted octanol–water partition coefficient (Wildman–Crippen LogP) is 2.83. The van der Waals surface area contributed by atoms with Gasteiger partial charge in [0.15, 0.2) is 0 Å². The summed E-state index contributed by atoms with van der Waals surface area (Å²) in [6.45, 7) is 3.10. The highest BCUT2D eigenvalue weighted by molar-refractivity contribution is 6.33. The lowest BCUT2D eigenvalue weighted by atomic mass is 10.2. The first-order valence-corrected chi connectivity index (χ1v) is 5.44. The molecular weight excluding hydrogens is 285 g/mol. The zero-order valence-electron chi connectivity index (χ0n) is 9.62. The molecule has 0 aliphatic carbocycles. The SMILES string of the molecule is C=CCN(CC(=O)O)c1ncc(C(F)(F)F)cc1Cl. The van der Waals surface area contributed by atoms with E-state index in [-0.39, 0.29) is 17.4 Å². The van der Waals surface area contributed by atoms with E-state index in [0.29, 0.717) is 12.3 Å². The van der Waals surface area contributed by atoms with Gasteiger partial charge in [-0.15, -0.1) is 6.58 Å². The summed E-state index contributed by atoms with van der Waals surface area (Å²) in [6, 6.07) is 0.710. The van der Waals surface area contributed by atoms with Crippen molar-refractivity contribution in [2.24, 2.45) is 0 Å². The van der Waals surface area contributed by atoms with Crippen LogP contribution in [-0.4, -0.2) is 29.1 Å². The Kier molecular flexibility index (Phi) is 4.77. The summed E-state index contributed by atoms with van der Waals surface area (Å²) in [5, 5.41) is 8.45. The number of carboxylic acid groups (broad SMARTS) is 1. The maximum Gasteiger partial charge on any atom is 0.417 e. The third-order valence-electron chi connectivity index (χ3n) is 2.12. The Labute approximate surface area is 112 Å². The fourth-order valence-corrected chi connectivity index (χ4v) is 1.65. The van der Waals surface area contributed by atoms with Crippen LogP contribution in [0.5, 0.6) is 0 Å². The van der Waals surface area contributed by atoms with Crippen molar-refractivity contribution in [3.05, 3.63) is 35.5 Å². The monoisotopic (exact) mass is 294 g/mol. The van der Waals surface area contributed by atoms with Gasteiger partial charge in [0.1, 0.15) is 12.4 Å². The first kappa shape index (κ1) is 15.3. The Morgan fingerprint density at radius 3 is 2.63 bits per heavy atom. The lowest BCUT2D eigenvalue weighted by molar-refractivity contribution is -0.138. The second-order valence-electron chi connectivity index (χ2n) is 3.59. The van der Waals surface area contributed by atoms with Gasteiger partial charge in [-0.2, -0.15) is 13.2 Å². The van der Waals surface area contributed by atoms with Crippen LogP contribution < -0.4 is 4.90 Å². The summed E-state index contributed by atoms with van der Waals surface area (Å²) < 4.78 is 37.3. The lowest BCUT2D eigenvalue weighted by Gasteiger charge is -2.21. The molecule has 0 saturated carbocycles. The molecule has 4 nitrogen and oxygen atoms in total. The van der Waals surface area contributed by atoms with Crippen molar-refractivity contribution >= 4 is 23.4 Å². The summed E-state index contributed by atoms with van der Waals surface area (Å²) in [5.41, 5.74) is -0.991. The quantitative estimate of drug-likeness (QED) is 0.849. The zero-order valence-corrected chi connectivity index (χ0v) is 10.4. The highest BCUT2D eigenvalue weighted by Crippen LogP contribution is 2.33. The molecule has 1 N–H and O–H groups in total. The molecule has 1 rings (SSSR count). The van der Waals surface area contributed by atoms with Crippen molar-refractivity contribution < 1.29 is 23.1 Å². The molecule has 19 heavy (non-hydrogen) atoms. The molecule has 0 unspecified atom stereocenters. The smallest absolute Gasteiger partial charge is 0.417 e. The summed E-state index contributed by atoms with van der Waals surface area (Å²) >= 11 is 5.72. The van der Waals surface area contributed by atoms with E-state index in [4.69, 9.17) is 16.7 Å². The van der Waals surface area contributed by atoms with E-state index in [1.807, 2.05) is 0 Å². The zero-order chi connectivity index (χ0) is 14.6. The van der Waals surface area contributed by atoms with Gasteiger partial charge < -0.3 is 10.0 Å². The Morgan fingerprint density at radius 1 is 1.58 bits per heavy atom. The topological polar surface area (TPSA) is 53.4 Å². The molecule has 0 amide bonds. The van der Waals surface area contributed by atoms with Gasteiger partial charge in [-0.25, -0.2) is 4.98 Å². The molecule has 0 spiro atoms. The molecule has 1 aromatic rings. The van der Waals surface area contributed by atoms with E-state index in [2.05, 4.69) is 11.6 Å². The number of rotatable bonds is 5. The number of nitrogens with zero attached hydrogens (tertiary/aromatic N) is 2. The van der Waals surface area contributed by atoms with E-state index < -0.39 is 24.3 Å². The van der Waals surface area contributed by atoms with E-state index in [0.717, 1.165) is 0 Å². The van der Waals surface area contributed by atoms with Crippen molar-refractivity contribution in [1.29, 1.82) is 0 Å². The van der Waals surface area contributed by atoms with Crippen LogP contribution in [0.1, 0.15) is 5.56 Å². The minimum Gasteiger partial charge on any atom is -0.480 e. The second-order valence-corrected chi connectivity index (χ2v) is 4.00. The third-order valence-corrected chi connectivity index (χ3v) is 2.40. The van der Waals surface area contributed by atoms with Crippen LogP contribution in [0.15, 0.2) is 24.9 Å². The number of carbonyl (C=O) groups is 1. The van der Waals surface area contributed by atoms with Crippen molar-refractivity contribution in [3.63, 3.8) is 0 Å². The molecule has 8 heteroatoms. The number of carboxylic acids is 1. The van der Waals surface area contributed by atoms with Crippen molar-refractivity contribution in [1.82, 2.24) is 4.98 Å². The van der Waals surface area contributed by atoms with Crippen LogP contribution in [0.3, 0.4) is 0 Å². The molecule has 104 valence electrons. The van der Waals surface area contributed by atoms with Crippen LogP contribution in [0, 0.1) is 0 Å². The summed E-state index contributed by atoms with van der Waals surface area (Å²) in [7, 11) is 0.